The van der Waals surface area contributed by atoms with Crippen LogP contribution < -0.4 is 5.32 Å². The van der Waals surface area contributed by atoms with Gasteiger partial charge in [0.2, 0.25) is 0 Å². The molecule has 0 spiro atoms. The Hall–Kier alpha value is -2.00. The van der Waals surface area contributed by atoms with E-state index in [0.29, 0.717) is 0 Å². The molecular formula is C29H41N3. The second-order valence-electron chi connectivity index (χ2n) is 10.00. The number of hydrogen-bond donors (Lipinski definition) is 1. The fourth-order valence-corrected chi connectivity index (χ4v) is 5.76. The van der Waals surface area contributed by atoms with E-state index in [4.69, 9.17) is 9.97 Å². The van der Waals surface area contributed by atoms with E-state index in [9.17, 15) is 0 Å². The Kier molecular flexibility index (Phi) is 8.50. The molecule has 1 aromatic heterocycles. The van der Waals surface area contributed by atoms with Crippen LogP contribution in [0.15, 0.2) is 48.3 Å². The van der Waals surface area contributed by atoms with Crippen molar-refractivity contribution in [2.24, 2.45) is 17.8 Å². The lowest BCUT2D eigenvalue weighted by atomic mass is 9.73. The van der Waals surface area contributed by atoms with Crippen molar-refractivity contribution in [3.63, 3.8) is 0 Å². The Balaban J connectivity index is 1.38. The number of nitrogens with one attached hydrogen (secondary N) is 1. The minimum atomic E-state index is 0.865. The topological polar surface area (TPSA) is 37.8 Å². The minimum absolute atomic E-state index is 0.865. The van der Waals surface area contributed by atoms with Gasteiger partial charge in [0.25, 0.3) is 0 Å². The van der Waals surface area contributed by atoms with Gasteiger partial charge in [-0.3, -0.25) is 0 Å². The molecule has 0 radical (unpaired) electrons. The van der Waals surface area contributed by atoms with Crippen LogP contribution in [-0.4, -0.2) is 23.6 Å². The molecule has 32 heavy (non-hydrogen) atoms. The average molecular weight is 432 g/mol. The standard InChI is InChI=1S/C29H41N3/c1-3-22-10-13-26(14-11-22)24-7-5-8-25(17-16-24)28-20-31-29(32-21-28)27-9-4-6-23(12-15-27)18-19-30-2/h4,6,12,15,17,20-22,24,26,30H,3,5,7-11,13-14,16,18-19H2,1-2H3. The Morgan fingerprint density at radius 3 is 2.53 bits per heavy atom. The van der Waals surface area contributed by atoms with E-state index in [1.807, 2.05) is 7.05 Å². The van der Waals surface area contributed by atoms with Crippen molar-refractivity contribution in [1.29, 1.82) is 0 Å². The van der Waals surface area contributed by atoms with Crippen LogP contribution in [0.3, 0.4) is 0 Å². The van der Waals surface area contributed by atoms with Gasteiger partial charge in [0, 0.05) is 23.5 Å². The molecule has 0 aromatic carbocycles. The van der Waals surface area contributed by atoms with Gasteiger partial charge in [-0.25, -0.2) is 9.97 Å². The van der Waals surface area contributed by atoms with Gasteiger partial charge in [-0.2, -0.15) is 0 Å². The first-order valence-electron chi connectivity index (χ1n) is 13.0. The van der Waals surface area contributed by atoms with Gasteiger partial charge in [0.15, 0.2) is 5.82 Å². The molecule has 1 heterocycles. The molecule has 1 atom stereocenters. The zero-order valence-corrected chi connectivity index (χ0v) is 20.2. The molecule has 0 bridgehead atoms. The second kappa shape index (κ2) is 11.7. The summed E-state index contributed by atoms with van der Waals surface area (Å²) in [5.74, 6) is 3.70. The van der Waals surface area contributed by atoms with Crippen molar-refractivity contribution >= 4 is 11.1 Å². The lowest BCUT2D eigenvalue weighted by Gasteiger charge is -2.33. The number of rotatable bonds is 7. The Bertz CT molecular complexity index is 851. The predicted octanol–water partition coefficient (Wildman–Crippen LogP) is 7.15. The molecule has 0 aliphatic heterocycles. The van der Waals surface area contributed by atoms with Gasteiger partial charge >= 0.3 is 0 Å². The summed E-state index contributed by atoms with van der Waals surface area (Å²) in [6.07, 6.45) is 29.8. The molecule has 4 rings (SSSR count). The van der Waals surface area contributed by atoms with E-state index < -0.39 is 0 Å². The van der Waals surface area contributed by atoms with Crippen molar-refractivity contribution in [2.45, 2.75) is 77.6 Å². The molecule has 3 aliphatic rings. The third-order valence-corrected chi connectivity index (χ3v) is 7.97. The van der Waals surface area contributed by atoms with Crippen LogP contribution in [0, 0.1) is 17.8 Å². The monoisotopic (exact) mass is 431 g/mol. The van der Waals surface area contributed by atoms with Crippen molar-refractivity contribution in [3.05, 3.63) is 59.7 Å². The van der Waals surface area contributed by atoms with Gasteiger partial charge in [-0.1, -0.05) is 56.6 Å². The first kappa shape index (κ1) is 23.2. The predicted molar refractivity (Wildman–Crippen MR) is 136 cm³/mol. The maximum atomic E-state index is 4.77. The highest BCUT2D eigenvalue weighted by Gasteiger charge is 2.27. The van der Waals surface area contributed by atoms with Crippen LogP contribution >= 0.6 is 0 Å². The van der Waals surface area contributed by atoms with E-state index in [1.54, 1.807) is 0 Å². The van der Waals surface area contributed by atoms with E-state index in [0.717, 1.165) is 43.0 Å². The lowest BCUT2D eigenvalue weighted by molar-refractivity contribution is 0.193. The molecule has 1 aromatic rings. The van der Waals surface area contributed by atoms with Crippen LogP contribution in [0.2, 0.25) is 0 Å². The van der Waals surface area contributed by atoms with Gasteiger partial charge < -0.3 is 5.32 Å². The van der Waals surface area contributed by atoms with Crippen LogP contribution in [-0.2, 0) is 0 Å². The Morgan fingerprint density at radius 2 is 1.78 bits per heavy atom. The summed E-state index contributed by atoms with van der Waals surface area (Å²) >= 11 is 0. The number of hydrogen-bond acceptors (Lipinski definition) is 3. The molecule has 172 valence electrons. The third-order valence-electron chi connectivity index (χ3n) is 7.97. The van der Waals surface area contributed by atoms with Gasteiger partial charge in [-0.15, -0.1) is 0 Å². The molecule has 1 fully saturated rings. The third kappa shape index (κ3) is 6.07. The van der Waals surface area contributed by atoms with Crippen LogP contribution in [0.4, 0.5) is 0 Å². The highest BCUT2D eigenvalue weighted by atomic mass is 14.9. The normalized spacial score (nSPS) is 26.6. The van der Waals surface area contributed by atoms with Crippen LogP contribution in [0.25, 0.3) is 11.1 Å². The fraction of sp³-hybridized carbons (Fsp3) is 0.586. The summed E-state index contributed by atoms with van der Waals surface area (Å²) in [6.45, 7) is 3.36. The molecule has 0 amide bonds. The van der Waals surface area contributed by atoms with Gasteiger partial charge in [0.05, 0.1) is 0 Å². The zero-order valence-electron chi connectivity index (χ0n) is 20.2. The first-order chi connectivity index (χ1) is 15.8. The average Bonchev–Trinajstić information content (AvgIpc) is 3.24. The first-order valence-corrected chi connectivity index (χ1v) is 13.0. The summed E-state index contributed by atoms with van der Waals surface area (Å²) < 4.78 is 0. The molecule has 0 saturated heterocycles. The molecule has 3 aliphatic carbocycles. The quantitative estimate of drug-likeness (QED) is 0.498. The molecule has 1 saturated carbocycles. The number of nitrogens with zero attached hydrogens (tertiary/aromatic N) is 2. The maximum Gasteiger partial charge on any atom is 0.155 e. The maximum absolute atomic E-state index is 4.77. The fourth-order valence-electron chi connectivity index (χ4n) is 5.76. The molecule has 3 heteroatoms. The largest absolute Gasteiger partial charge is 0.319 e. The second-order valence-corrected chi connectivity index (χ2v) is 10.00. The van der Waals surface area contributed by atoms with E-state index >= 15 is 0 Å². The summed E-state index contributed by atoms with van der Waals surface area (Å²) in [6, 6.07) is 0. The van der Waals surface area contributed by atoms with Crippen LogP contribution in [0.1, 0.15) is 88.9 Å². The molecule has 3 nitrogen and oxygen atoms in total. The van der Waals surface area contributed by atoms with Crippen molar-refractivity contribution < 1.29 is 0 Å². The van der Waals surface area contributed by atoms with Crippen LogP contribution in [0.5, 0.6) is 0 Å². The molecule has 1 N–H and O–H groups in total. The highest BCUT2D eigenvalue weighted by Crippen LogP contribution is 2.40. The molecule has 1 unspecified atom stereocenters. The molecular weight excluding hydrogens is 390 g/mol. The zero-order chi connectivity index (χ0) is 22.2. The highest BCUT2D eigenvalue weighted by molar-refractivity contribution is 5.67. The van der Waals surface area contributed by atoms with E-state index in [1.165, 1.54) is 80.1 Å². The lowest BCUT2D eigenvalue weighted by Crippen LogP contribution is -2.21. The summed E-state index contributed by atoms with van der Waals surface area (Å²) in [5.41, 5.74) is 5.24. The SMILES string of the molecule is CCC1CCC(C2CC=C(c3cnc(C4=CC=C(CCNC)C=CC4)nc3)CCC2)CC1. The summed E-state index contributed by atoms with van der Waals surface area (Å²) in [7, 11) is 2.00. The van der Waals surface area contributed by atoms with Gasteiger partial charge in [0.1, 0.15) is 0 Å². The van der Waals surface area contributed by atoms with Crippen molar-refractivity contribution in [2.75, 3.05) is 13.6 Å². The minimum Gasteiger partial charge on any atom is -0.319 e. The Morgan fingerprint density at radius 1 is 0.969 bits per heavy atom. The Labute approximate surface area is 195 Å². The summed E-state index contributed by atoms with van der Waals surface area (Å²) in [5, 5.41) is 3.22. The van der Waals surface area contributed by atoms with Crippen molar-refractivity contribution in [3.8, 4) is 0 Å². The van der Waals surface area contributed by atoms with E-state index in [2.05, 4.69) is 55.0 Å². The smallest absolute Gasteiger partial charge is 0.155 e. The summed E-state index contributed by atoms with van der Waals surface area (Å²) in [4.78, 5) is 9.54. The van der Waals surface area contributed by atoms with Gasteiger partial charge in [-0.05, 0) is 93.9 Å². The number of allylic oxidation sites excluding steroid dienone is 7. The van der Waals surface area contributed by atoms with Crippen molar-refractivity contribution in [1.82, 2.24) is 15.3 Å². The van der Waals surface area contributed by atoms with E-state index in [-0.39, 0.29) is 0 Å². The number of aromatic nitrogens is 2.